The van der Waals surface area contributed by atoms with Gasteiger partial charge in [-0.2, -0.15) is 5.10 Å². The molecule has 0 atom stereocenters. The Bertz CT molecular complexity index is 308. The molecule has 15 heavy (non-hydrogen) atoms. The van der Waals surface area contributed by atoms with E-state index in [2.05, 4.69) is 15.4 Å². The van der Waals surface area contributed by atoms with Crippen molar-refractivity contribution in [3.63, 3.8) is 0 Å². The molecule has 7 heteroatoms. The molecule has 0 aliphatic heterocycles. The summed E-state index contributed by atoms with van der Waals surface area (Å²) in [5.74, 6) is -0.342. The summed E-state index contributed by atoms with van der Waals surface area (Å²) in [4.78, 5) is 15.1. The molecular formula is C8H14N4O3. The molecule has 1 rings (SSSR count). The molecule has 1 aromatic rings. The minimum absolute atomic E-state index is 0.00951. The molecule has 1 amide bonds. The molecule has 0 fully saturated rings. The van der Waals surface area contributed by atoms with E-state index in [0.717, 1.165) is 0 Å². The van der Waals surface area contributed by atoms with Crippen LogP contribution < -0.4 is 5.32 Å². The highest BCUT2D eigenvalue weighted by Crippen LogP contribution is 2.00. The average Bonchev–Trinajstić information content (AvgIpc) is 2.70. The summed E-state index contributed by atoms with van der Waals surface area (Å²) in [7, 11) is 0. The van der Waals surface area contributed by atoms with Gasteiger partial charge in [-0.15, -0.1) is 0 Å². The van der Waals surface area contributed by atoms with E-state index in [1.54, 1.807) is 6.92 Å². The number of carbonyl (C=O) groups excluding carboxylic acids is 1. The fourth-order valence-electron chi connectivity index (χ4n) is 0.967. The van der Waals surface area contributed by atoms with Crippen LogP contribution in [-0.4, -0.2) is 49.6 Å². The number of hydrogen-bond acceptors (Lipinski definition) is 5. The van der Waals surface area contributed by atoms with Gasteiger partial charge < -0.3 is 15.5 Å². The summed E-state index contributed by atoms with van der Waals surface area (Å²) in [6, 6.07) is 0. The zero-order valence-corrected chi connectivity index (χ0v) is 8.42. The molecule has 0 radical (unpaired) electrons. The van der Waals surface area contributed by atoms with Crippen LogP contribution in [0, 0.1) is 0 Å². The summed E-state index contributed by atoms with van der Waals surface area (Å²) in [5, 5.41) is 24.2. The second kappa shape index (κ2) is 4.85. The fourth-order valence-corrected chi connectivity index (χ4v) is 0.967. The van der Waals surface area contributed by atoms with E-state index in [1.807, 2.05) is 0 Å². The molecule has 84 valence electrons. The topological polar surface area (TPSA) is 100 Å². The van der Waals surface area contributed by atoms with E-state index in [-0.39, 0.29) is 25.7 Å². The first-order chi connectivity index (χ1) is 7.09. The van der Waals surface area contributed by atoms with Gasteiger partial charge in [-0.3, -0.25) is 4.79 Å². The Morgan fingerprint density at radius 1 is 1.53 bits per heavy atom. The molecule has 0 aromatic carbocycles. The molecule has 0 spiro atoms. The van der Waals surface area contributed by atoms with Crippen molar-refractivity contribution in [3.8, 4) is 0 Å². The van der Waals surface area contributed by atoms with Crippen LogP contribution in [0.15, 0.2) is 12.7 Å². The fraction of sp³-hybridized carbons (Fsp3) is 0.625. The van der Waals surface area contributed by atoms with Crippen LogP contribution in [0.3, 0.4) is 0 Å². The lowest BCUT2D eigenvalue weighted by Crippen LogP contribution is -2.52. The monoisotopic (exact) mass is 214 g/mol. The van der Waals surface area contributed by atoms with Crippen LogP contribution in [-0.2, 0) is 11.3 Å². The molecular weight excluding hydrogens is 200 g/mol. The van der Waals surface area contributed by atoms with Gasteiger partial charge in [-0.05, 0) is 6.92 Å². The molecule has 1 heterocycles. The first kappa shape index (κ1) is 11.6. The maximum atomic E-state index is 11.4. The van der Waals surface area contributed by atoms with E-state index in [9.17, 15) is 4.79 Å². The van der Waals surface area contributed by atoms with Crippen molar-refractivity contribution in [2.24, 2.45) is 0 Å². The Hall–Kier alpha value is -1.47. The Kier molecular flexibility index (Phi) is 3.75. The van der Waals surface area contributed by atoms with Gasteiger partial charge >= 0.3 is 0 Å². The van der Waals surface area contributed by atoms with Crippen LogP contribution >= 0.6 is 0 Å². The van der Waals surface area contributed by atoms with Crippen molar-refractivity contribution >= 4 is 5.91 Å². The van der Waals surface area contributed by atoms with Crippen LogP contribution in [0.5, 0.6) is 0 Å². The molecule has 0 saturated carbocycles. The minimum atomic E-state index is -1.00. The van der Waals surface area contributed by atoms with E-state index in [1.165, 1.54) is 17.3 Å². The molecule has 0 saturated heterocycles. The maximum Gasteiger partial charge on any atom is 0.242 e. The Morgan fingerprint density at radius 2 is 2.20 bits per heavy atom. The third-order valence-corrected chi connectivity index (χ3v) is 1.91. The highest BCUT2D eigenvalue weighted by Gasteiger charge is 2.24. The molecule has 1 aromatic heterocycles. The van der Waals surface area contributed by atoms with Crippen molar-refractivity contribution in [3.05, 3.63) is 12.7 Å². The van der Waals surface area contributed by atoms with Crippen LogP contribution in [0.2, 0.25) is 0 Å². The molecule has 0 bridgehead atoms. The number of hydrogen-bond donors (Lipinski definition) is 3. The number of amides is 1. The number of nitrogens with zero attached hydrogens (tertiary/aromatic N) is 3. The quantitative estimate of drug-likeness (QED) is 0.533. The Morgan fingerprint density at radius 3 is 2.67 bits per heavy atom. The van der Waals surface area contributed by atoms with Gasteiger partial charge in [0.25, 0.3) is 0 Å². The normalized spacial score (nSPS) is 11.4. The summed E-state index contributed by atoms with van der Waals surface area (Å²) in [6.07, 6.45) is 2.74. The van der Waals surface area contributed by atoms with E-state index < -0.39 is 5.54 Å². The van der Waals surface area contributed by atoms with Gasteiger partial charge in [-0.25, -0.2) is 9.67 Å². The van der Waals surface area contributed by atoms with Gasteiger partial charge in [0.05, 0.1) is 18.8 Å². The van der Waals surface area contributed by atoms with Crippen molar-refractivity contribution in [2.45, 2.75) is 19.0 Å². The number of aliphatic hydroxyl groups is 2. The maximum absolute atomic E-state index is 11.4. The summed E-state index contributed by atoms with van der Waals surface area (Å²) < 4.78 is 1.35. The van der Waals surface area contributed by atoms with Gasteiger partial charge in [0.15, 0.2) is 0 Å². The zero-order chi connectivity index (χ0) is 11.3. The lowest BCUT2D eigenvalue weighted by atomic mass is 10.1. The predicted molar refractivity (Wildman–Crippen MR) is 50.7 cm³/mol. The van der Waals surface area contributed by atoms with Crippen molar-refractivity contribution in [2.75, 3.05) is 13.2 Å². The van der Waals surface area contributed by atoms with E-state index >= 15 is 0 Å². The van der Waals surface area contributed by atoms with E-state index in [0.29, 0.717) is 0 Å². The Balaban J connectivity index is 2.49. The lowest BCUT2D eigenvalue weighted by molar-refractivity contribution is -0.124. The first-order valence-corrected chi connectivity index (χ1v) is 4.45. The minimum Gasteiger partial charge on any atom is -0.394 e. The van der Waals surface area contributed by atoms with Crippen LogP contribution in [0.4, 0.5) is 0 Å². The van der Waals surface area contributed by atoms with Crippen molar-refractivity contribution in [1.29, 1.82) is 0 Å². The summed E-state index contributed by atoms with van der Waals surface area (Å²) >= 11 is 0. The van der Waals surface area contributed by atoms with Crippen molar-refractivity contribution < 1.29 is 15.0 Å². The number of aliphatic hydroxyl groups excluding tert-OH is 2. The molecule has 0 aliphatic rings. The van der Waals surface area contributed by atoms with Gasteiger partial charge in [0.2, 0.25) is 5.91 Å². The number of aromatic nitrogens is 3. The standard InChI is InChI=1S/C8H14N4O3/c1-8(3-13,4-14)11-7(15)2-12-6-9-5-10-12/h5-6,13-14H,2-4H2,1H3,(H,11,15). The predicted octanol–water partition coefficient (Wildman–Crippen LogP) is -1.86. The number of rotatable bonds is 5. The highest BCUT2D eigenvalue weighted by atomic mass is 16.3. The third-order valence-electron chi connectivity index (χ3n) is 1.91. The van der Waals surface area contributed by atoms with Crippen LogP contribution in [0.1, 0.15) is 6.92 Å². The Labute approximate surface area is 86.7 Å². The largest absolute Gasteiger partial charge is 0.394 e. The van der Waals surface area contributed by atoms with Gasteiger partial charge in [-0.1, -0.05) is 0 Å². The smallest absolute Gasteiger partial charge is 0.242 e. The van der Waals surface area contributed by atoms with Crippen LogP contribution in [0.25, 0.3) is 0 Å². The second-order valence-corrected chi connectivity index (χ2v) is 3.52. The molecule has 3 N–H and O–H groups in total. The van der Waals surface area contributed by atoms with Crippen molar-refractivity contribution in [1.82, 2.24) is 20.1 Å². The molecule has 0 unspecified atom stereocenters. The van der Waals surface area contributed by atoms with Gasteiger partial charge in [0, 0.05) is 0 Å². The summed E-state index contributed by atoms with van der Waals surface area (Å²) in [5.41, 5.74) is -1.00. The average molecular weight is 214 g/mol. The first-order valence-electron chi connectivity index (χ1n) is 4.45. The summed E-state index contributed by atoms with van der Waals surface area (Å²) in [6.45, 7) is 0.904. The second-order valence-electron chi connectivity index (χ2n) is 3.52. The zero-order valence-electron chi connectivity index (χ0n) is 8.42. The van der Waals surface area contributed by atoms with Gasteiger partial charge in [0.1, 0.15) is 19.2 Å². The third kappa shape index (κ3) is 3.30. The SMILES string of the molecule is CC(CO)(CO)NC(=O)Cn1cncn1. The lowest BCUT2D eigenvalue weighted by Gasteiger charge is -2.25. The van der Waals surface area contributed by atoms with E-state index in [4.69, 9.17) is 10.2 Å². The number of nitrogens with one attached hydrogen (secondary N) is 1. The highest BCUT2D eigenvalue weighted by molar-refractivity contribution is 5.76. The molecule has 7 nitrogen and oxygen atoms in total. The molecule has 0 aliphatic carbocycles. The number of carbonyl (C=O) groups is 1.